The standard InChI is InChI=1S/C66H40F2N4/c67-43-33-37-47(38-34-43)69(45-21-9-3-10-22-45)53-29-15-31-55-59(53)50-26-14-28-52-62-58(42-19-7-2-8-20-42)66-61(57(41-17-5-1-6-18-41)65(62)71(55)64(50)52)51-27-13-25-49-60-54(30-16-32-56(60)72(66)63(49)51)70(46-23-11-4-12-24-46)48-39-35-44(68)36-40-48/h1-40H. The molecule has 4 heterocycles. The van der Waals surface area contributed by atoms with Crippen LogP contribution in [0.15, 0.2) is 243 Å². The Labute approximate surface area is 412 Å². The number of fused-ring (bicyclic) bond motifs is 12. The van der Waals surface area contributed by atoms with Gasteiger partial charge in [0.25, 0.3) is 0 Å². The maximum atomic E-state index is 14.6. The van der Waals surface area contributed by atoms with E-state index in [0.717, 1.165) is 122 Å². The topological polar surface area (TPSA) is 15.3 Å². The molecule has 0 aliphatic carbocycles. The van der Waals surface area contributed by atoms with Crippen LogP contribution < -0.4 is 9.80 Å². The molecule has 0 amide bonds. The largest absolute Gasteiger partial charge is 0.310 e. The molecule has 4 nitrogen and oxygen atoms in total. The van der Waals surface area contributed by atoms with Crippen molar-refractivity contribution in [3.8, 4) is 22.3 Å². The highest BCUT2D eigenvalue weighted by molar-refractivity contribution is 6.39. The fourth-order valence-corrected chi connectivity index (χ4v) is 12.1. The zero-order chi connectivity index (χ0) is 47.6. The van der Waals surface area contributed by atoms with Crippen LogP contribution in [0.1, 0.15) is 0 Å². The van der Waals surface area contributed by atoms with Crippen LogP contribution in [-0.4, -0.2) is 8.80 Å². The highest BCUT2D eigenvalue weighted by Gasteiger charge is 2.32. The fourth-order valence-electron chi connectivity index (χ4n) is 12.1. The number of rotatable bonds is 8. The molecule has 72 heavy (non-hydrogen) atoms. The van der Waals surface area contributed by atoms with Crippen LogP contribution in [0.3, 0.4) is 0 Å². The SMILES string of the molecule is Fc1ccc(N(c2ccccc2)c2cccc3c2c2cccc4c5c(-c6ccccc6)c6c(c(-c7ccccc7)c5n3c24)c2cccc3c4c(N(c5ccccc5)c5ccc(F)cc5)cccc4n6c32)cc1. The van der Waals surface area contributed by atoms with Crippen molar-refractivity contribution in [1.29, 1.82) is 0 Å². The molecule has 0 saturated heterocycles. The predicted molar refractivity (Wildman–Crippen MR) is 296 cm³/mol. The van der Waals surface area contributed by atoms with Crippen molar-refractivity contribution in [2.75, 3.05) is 9.80 Å². The van der Waals surface area contributed by atoms with Crippen LogP contribution in [0, 0.1) is 11.6 Å². The molecule has 0 atom stereocenters. The van der Waals surface area contributed by atoms with Gasteiger partial charge in [-0.2, -0.15) is 0 Å². The quantitative estimate of drug-likeness (QED) is 0.151. The van der Waals surface area contributed by atoms with Crippen LogP contribution in [0.25, 0.3) is 98.4 Å². The molecule has 0 aliphatic rings. The molecule has 4 aromatic heterocycles. The lowest BCUT2D eigenvalue weighted by Crippen LogP contribution is -2.10. The van der Waals surface area contributed by atoms with Crippen molar-refractivity contribution < 1.29 is 8.78 Å². The van der Waals surface area contributed by atoms with E-state index in [1.165, 1.54) is 35.0 Å². The summed E-state index contributed by atoms with van der Waals surface area (Å²) in [5.41, 5.74) is 17.0. The van der Waals surface area contributed by atoms with E-state index in [1.54, 1.807) is 0 Å². The molecule has 338 valence electrons. The van der Waals surface area contributed by atoms with Gasteiger partial charge in [-0.15, -0.1) is 0 Å². The number of aromatic nitrogens is 2. The molecule has 11 aromatic carbocycles. The van der Waals surface area contributed by atoms with Crippen LogP contribution in [0.5, 0.6) is 0 Å². The van der Waals surface area contributed by atoms with E-state index in [1.807, 2.05) is 36.4 Å². The Hall–Kier alpha value is -9.52. The molecule has 0 fully saturated rings. The van der Waals surface area contributed by atoms with Gasteiger partial charge < -0.3 is 18.6 Å². The third-order valence-corrected chi connectivity index (χ3v) is 14.8. The summed E-state index contributed by atoms with van der Waals surface area (Å²) >= 11 is 0. The summed E-state index contributed by atoms with van der Waals surface area (Å²) in [6.45, 7) is 0. The number of para-hydroxylation sites is 4. The van der Waals surface area contributed by atoms with Gasteiger partial charge in [0.1, 0.15) is 11.6 Å². The van der Waals surface area contributed by atoms with Crippen molar-refractivity contribution in [3.05, 3.63) is 254 Å². The smallest absolute Gasteiger partial charge is 0.123 e. The van der Waals surface area contributed by atoms with E-state index in [-0.39, 0.29) is 11.6 Å². The molecule has 6 heteroatoms. The lowest BCUT2D eigenvalue weighted by atomic mass is 9.89. The Morgan fingerprint density at radius 2 is 0.583 bits per heavy atom. The van der Waals surface area contributed by atoms with Gasteiger partial charge in [-0.3, -0.25) is 0 Å². The molecule has 0 saturated carbocycles. The highest BCUT2D eigenvalue weighted by atomic mass is 19.1. The van der Waals surface area contributed by atoms with Gasteiger partial charge in [-0.25, -0.2) is 8.78 Å². The normalized spacial score (nSPS) is 12.0. The average molecular weight is 927 g/mol. The monoisotopic (exact) mass is 926 g/mol. The molecule has 0 radical (unpaired) electrons. The Morgan fingerprint density at radius 1 is 0.264 bits per heavy atom. The van der Waals surface area contributed by atoms with Crippen molar-refractivity contribution in [1.82, 2.24) is 8.80 Å². The number of anilines is 6. The van der Waals surface area contributed by atoms with Gasteiger partial charge >= 0.3 is 0 Å². The average Bonchev–Trinajstić information content (AvgIpc) is 4.19. The Balaban J connectivity index is 1.14. The second kappa shape index (κ2) is 15.5. The summed E-state index contributed by atoms with van der Waals surface area (Å²) < 4.78 is 34.3. The molecule has 15 aromatic rings. The lowest BCUT2D eigenvalue weighted by molar-refractivity contribution is 0.627. The van der Waals surface area contributed by atoms with Crippen molar-refractivity contribution in [2.24, 2.45) is 0 Å². The third-order valence-electron chi connectivity index (χ3n) is 14.8. The number of benzene rings is 11. The zero-order valence-corrected chi connectivity index (χ0v) is 38.6. The molecule has 0 bridgehead atoms. The molecular formula is C66H40F2N4. The van der Waals surface area contributed by atoms with Crippen LogP contribution >= 0.6 is 0 Å². The molecular weight excluding hydrogens is 887 g/mol. The second-order valence-electron chi connectivity index (χ2n) is 18.6. The first-order chi connectivity index (χ1) is 35.6. The third kappa shape index (κ3) is 5.66. The minimum absolute atomic E-state index is 0.276. The van der Waals surface area contributed by atoms with Gasteiger partial charge in [0, 0.05) is 77.0 Å². The van der Waals surface area contributed by atoms with E-state index in [0.29, 0.717) is 0 Å². The van der Waals surface area contributed by atoms with E-state index >= 15 is 0 Å². The fraction of sp³-hybridized carbons (Fsp3) is 0. The van der Waals surface area contributed by atoms with Crippen LogP contribution in [-0.2, 0) is 0 Å². The molecule has 0 aliphatic heterocycles. The minimum Gasteiger partial charge on any atom is -0.310 e. The summed E-state index contributed by atoms with van der Waals surface area (Å²) in [5.74, 6) is -0.551. The number of hydrogen-bond acceptors (Lipinski definition) is 2. The summed E-state index contributed by atoms with van der Waals surface area (Å²) in [6, 6.07) is 82.9. The predicted octanol–water partition coefficient (Wildman–Crippen LogP) is 18.5. The maximum absolute atomic E-state index is 14.6. The first kappa shape index (κ1) is 40.4. The first-order valence-electron chi connectivity index (χ1n) is 24.3. The molecule has 0 spiro atoms. The number of halogens is 2. The summed E-state index contributed by atoms with van der Waals surface area (Å²) in [6.07, 6.45) is 0. The highest BCUT2D eigenvalue weighted by Crippen LogP contribution is 2.56. The van der Waals surface area contributed by atoms with Crippen LogP contribution in [0.4, 0.5) is 42.9 Å². The Bertz CT molecular complexity index is 4250. The minimum atomic E-state index is -0.276. The molecule has 15 rings (SSSR count). The van der Waals surface area contributed by atoms with Gasteiger partial charge in [0.15, 0.2) is 0 Å². The van der Waals surface area contributed by atoms with Gasteiger partial charge in [-0.05, 0) is 108 Å². The van der Waals surface area contributed by atoms with E-state index in [9.17, 15) is 8.78 Å². The summed E-state index contributed by atoms with van der Waals surface area (Å²) in [5, 5.41) is 9.19. The van der Waals surface area contributed by atoms with Crippen molar-refractivity contribution in [2.45, 2.75) is 0 Å². The summed E-state index contributed by atoms with van der Waals surface area (Å²) in [7, 11) is 0. The van der Waals surface area contributed by atoms with Crippen molar-refractivity contribution in [3.63, 3.8) is 0 Å². The lowest BCUT2D eigenvalue weighted by Gasteiger charge is -2.26. The molecule has 0 N–H and O–H groups in total. The van der Waals surface area contributed by atoms with E-state index < -0.39 is 0 Å². The first-order valence-corrected chi connectivity index (χ1v) is 24.3. The Morgan fingerprint density at radius 3 is 0.958 bits per heavy atom. The summed E-state index contributed by atoms with van der Waals surface area (Å²) in [4.78, 5) is 4.50. The maximum Gasteiger partial charge on any atom is 0.123 e. The van der Waals surface area contributed by atoms with Gasteiger partial charge in [0.2, 0.25) is 0 Å². The van der Waals surface area contributed by atoms with Gasteiger partial charge in [0.05, 0.1) is 44.5 Å². The zero-order valence-electron chi connectivity index (χ0n) is 38.6. The van der Waals surface area contributed by atoms with Gasteiger partial charge in [-0.1, -0.05) is 146 Å². The second-order valence-corrected chi connectivity index (χ2v) is 18.6. The number of hydrogen-bond donors (Lipinski definition) is 0. The van der Waals surface area contributed by atoms with E-state index in [4.69, 9.17) is 0 Å². The number of nitrogens with zero attached hydrogens (tertiary/aromatic N) is 4. The van der Waals surface area contributed by atoms with E-state index in [2.05, 4.69) is 201 Å². The van der Waals surface area contributed by atoms with Crippen LogP contribution in [0.2, 0.25) is 0 Å². The molecule has 0 unspecified atom stereocenters. The Kier molecular flexibility index (Phi) is 8.69. The van der Waals surface area contributed by atoms with Crippen molar-refractivity contribution >= 4 is 110 Å².